The summed E-state index contributed by atoms with van der Waals surface area (Å²) in [5.41, 5.74) is -0.998. The summed E-state index contributed by atoms with van der Waals surface area (Å²) in [7, 11) is 0. The Hall–Kier alpha value is -2.35. The third-order valence-electron chi connectivity index (χ3n) is 1.59. The largest absolute Gasteiger partial charge is 0.545 e. The summed E-state index contributed by atoms with van der Waals surface area (Å²) in [5.74, 6) is -3.27. The van der Waals surface area contributed by atoms with Gasteiger partial charge in [0.1, 0.15) is 0 Å². The minimum Gasteiger partial charge on any atom is -0.545 e. The minimum absolute atomic E-state index is 0.0502. The van der Waals surface area contributed by atoms with Gasteiger partial charge in [-0.2, -0.15) is 5.26 Å². The highest BCUT2D eigenvalue weighted by Crippen LogP contribution is 2.10. The van der Waals surface area contributed by atoms with Crippen molar-refractivity contribution in [1.82, 2.24) is 0 Å². The Morgan fingerprint density at radius 2 is 1.71 bits per heavy atom. The van der Waals surface area contributed by atoms with Gasteiger partial charge < -0.3 is 19.8 Å². The van der Waals surface area contributed by atoms with Crippen molar-refractivity contribution in [3.63, 3.8) is 0 Å². The van der Waals surface area contributed by atoms with E-state index in [9.17, 15) is 19.8 Å². The third kappa shape index (κ3) is 1.69. The second kappa shape index (κ2) is 3.58. The van der Waals surface area contributed by atoms with E-state index in [4.69, 9.17) is 5.26 Å². The van der Waals surface area contributed by atoms with Crippen LogP contribution in [-0.2, 0) is 0 Å². The van der Waals surface area contributed by atoms with Crippen molar-refractivity contribution in [1.29, 1.82) is 5.26 Å². The van der Waals surface area contributed by atoms with E-state index in [1.54, 1.807) is 6.07 Å². The molecule has 0 aromatic heterocycles. The number of hydrogen-bond acceptors (Lipinski definition) is 5. The van der Waals surface area contributed by atoms with Gasteiger partial charge in [-0.25, -0.2) is 0 Å². The summed E-state index contributed by atoms with van der Waals surface area (Å²) in [6, 6.07) is 4.81. The van der Waals surface area contributed by atoms with E-state index in [-0.39, 0.29) is 5.56 Å². The summed E-state index contributed by atoms with van der Waals surface area (Å²) in [5, 5.41) is 29.4. The van der Waals surface area contributed by atoms with Crippen molar-refractivity contribution in [2.75, 3.05) is 0 Å². The molecule has 0 radical (unpaired) electrons. The molecule has 0 saturated heterocycles. The van der Waals surface area contributed by atoms with Crippen molar-refractivity contribution >= 4 is 11.9 Å². The molecule has 0 spiro atoms. The van der Waals surface area contributed by atoms with Crippen LogP contribution in [0.25, 0.3) is 0 Å². The lowest BCUT2D eigenvalue weighted by molar-refractivity contribution is -0.259. The van der Waals surface area contributed by atoms with Crippen molar-refractivity contribution in [2.45, 2.75) is 0 Å². The van der Waals surface area contributed by atoms with Gasteiger partial charge in [0.2, 0.25) is 0 Å². The van der Waals surface area contributed by atoms with E-state index in [0.29, 0.717) is 0 Å². The number of carbonyl (C=O) groups excluding carboxylic acids is 2. The van der Waals surface area contributed by atoms with E-state index < -0.39 is 23.1 Å². The molecular weight excluding hydrogens is 186 g/mol. The molecule has 14 heavy (non-hydrogen) atoms. The van der Waals surface area contributed by atoms with Crippen LogP contribution >= 0.6 is 0 Å². The number of nitriles is 1. The zero-order valence-corrected chi connectivity index (χ0v) is 6.81. The van der Waals surface area contributed by atoms with Crippen LogP contribution in [0.2, 0.25) is 0 Å². The van der Waals surface area contributed by atoms with Gasteiger partial charge in [0.25, 0.3) is 0 Å². The molecule has 70 valence electrons. The monoisotopic (exact) mass is 189 g/mol. The van der Waals surface area contributed by atoms with Crippen LogP contribution in [0.3, 0.4) is 0 Å². The molecule has 0 saturated carbocycles. The fraction of sp³-hybridized carbons (Fsp3) is 0. The van der Waals surface area contributed by atoms with Crippen molar-refractivity contribution in [3.05, 3.63) is 34.9 Å². The fourth-order valence-electron chi connectivity index (χ4n) is 0.961. The van der Waals surface area contributed by atoms with Gasteiger partial charge in [-0.15, -0.1) is 0 Å². The number of hydrogen-bond donors (Lipinski definition) is 0. The van der Waals surface area contributed by atoms with Gasteiger partial charge in [-0.1, -0.05) is 6.07 Å². The van der Waals surface area contributed by atoms with Crippen LogP contribution in [0.5, 0.6) is 0 Å². The van der Waals surface area contributed by atoms with Crippen LogP contribution in [0.4, 0.5) is 0 Å². The van der Waals surface area contributed by atoms with Gasteiger partial charge in [-0.3, -0.25) is 0 Å². The molecule has 1 aromatic carbocycles. The van der Waals surface area contributed by atoms with Gasteiger partial charge in [0, 0.05) is 11.1 Å². The summed E-state index contributed by atoms with van der Waals surface area (Å²) in [6.45, 7) is 0. The Bertz CT molecular complexity index is 445. The number of carboxylic acids is 2. The van der Waals surface area contributed by atoms with Gasteiger partial charge in [-0.05, 0) is 12.1 Å². The van der Waals surface area contributed by atoms with Gasteiger partial charge >= 0.3 is 0 Å². The first-order valence-electron chi connectivity index (χ1n) is 3.53. The molecule has 0 aliphatic rings. The lowest BCUT2D eigenvalue weighted by Crippen LogP contribution is -2.30. The van der Waals surface area contributed by atoms with E-state index in [1.807, 2.05) is 0 Å². The van der Waals surface area contributed by atoms with E-state index in [2.05, 4.69) is 0 Å². The Kier molecular flexibility index (Phi) is 2.49. The van der Waals surface area contributed by atoms with E-state index in [1.165, 1.54) is 6.07 Å². The second-order valence-corrected chi connectivity index (χ2v) is 2.45. The van der Waals surface area contributed by atoms with Crippen LogP contribution in [0.1, 0.15) is 26.3 Å². The number of carbonyl (C=O) groups is 2. The SMILES string of the molecule is N#Cc1ccc(C(=O)[O-])c(C(=O)[O-])c1. The van der Waals surface area contributed by atoms with Crippen LogP contribution in [0.15, 0.2) is 18.2 Å². The second-order valence-electron chi connectivity index (χ2n) is 2.45. The molecule has 0 fully saturated rings. The normalized spacial score (nSPS) is 9.07. The molecule has 0 aliphatic carbocycles. The third-order valence-corrected chi connectivity index (χ3v) is 1.59. The fourth-order valence-corrected chi connectivity index (χ4v) is 0.961. The highest BCUT2D eigenvalue weighted by atomic mass is 16.4. The summed E-state index contributed by atoms with van der Waals surface area (Å²) in [4.78, 5) is 20.9. The molecule has 0 amide bonds. The maximum atomic E-state index is 10.5. The minimum atomic E-state index is -1.65. The zero-order chi connectivity index (χ0) is 10.7. The topological polar surface area (TPSA) is 104 Å². The molecule has 5 nitrogen and oxygen atoms in total. The summed E-state index contributed by atoms with van der Waals surface area (Å²) in [6.07, 6.45) is 0. The first-order chi connectivity index (χ1) is 6.56. The quantitative estimate of drug-likeness (QED) is 0.550. The Labute approximate surface area is 78.8 Å². The molecule has 1 aromatic rings. The molecule has 0 heterocycles. The first kappa shape index (κ1) is 9.74. The lowest BCUT2D eigenvalue weighted by atomic mass is 10.0. The first-order valence-corrected chi connectivity index (χ1v) is 3.53. The smallest absolute Gasteiger partial charge is 0.0991 e. The number of nitrogens with zero attached hydrogens (tertiary/aromatic N) is 1. The van der Waals surface area contributed by atoms with Gasteiger partial charge in [0.15, 0.2) is 0 Å². The number of benzene rings is 1. The van der Waals surface area contributed by atoms with E-state index >= 15 is 0 Å². The summed E-state index contributed by atoms with van der Waals surface area (Å²) < 4.78 is 0. The van der Waals surface area contributed by atoms with Crippen LogP contribution < -0.4 is 10.2 Å². The molecule has 0 unspecified atom stereocenters. The van der Waals surface area contributed by atoms with Gasteiger partial charge in [0.05, 0.1) is 23.6 Å². The highest BCUT2D eigenvalue weighted by Gasteiger charge is 2.05. The standard InChI is InChI=1S/C9H5NO4/c10-4-5-1-2-6(8(11)12)7(3-5)9(13)14/h1-3H,(H,11,12)(H,13,14)/p-2. The highest BCUT2D eigenvalue weighted by molar-refractivity contribution is 6.00. The van der Waals surface area contributed by atoms with Crippen molar-refractivity contribution in [2.24, 2.45) is 0 Å². The number of carboxylic acid groups (broad SMARTS) is 2. The van der Waals surface area contributed by atoms with Crippen molar-refractivity contribution < 1.29 is 19.8 Å². The summed E-state index contributed by atoms with van der Waals surface area (Å²) >= 11 is 0. The molecule has 0 N–H and O–H groups in total. The number of rotatable bonds is 2. The Balaban J connectivity index is 3.40. The predicted octanol–water partition coefficient (Wildman–Crippen LogP) is -1.71. The van der Waals surface area contributed by atoms with Crippen molar-refractivity contribution in [3.8, 4) is 6.07 Å². The van der Waals surface area contributed by atoms with Crippen LogP contribution in [-0.4, -0.2) is 11.9 Å². The Morgan fingerprint density at radius 3 is 2.14 bits per heavy atom. The molecular formula is C9H3NO4-2. The molecule has 1 rings (SSSR count). The predicted molar refractivity (Wildman–Crippen MR) is 39.8 cm³/mol. The van der Waals surface area contributed by atoms with E-state index in [0.717, 1.165) is 12.1 Å². The maximum Gasteiger partial charge on any atom is 0.0991 e. The number of aromatic carboxylic acids is 2. The average molecular weight is 189 g/mol. The maximum absolute atomic E-state index is 10.5. The Morgan fingerprint density at radius 1 is 1.14 bits per heavy atom. The molecule has 0 bridgehead atoms. The lowest BCUT2D eigenvalue weighted by Gasteiger charge is -2.10. The average Bonchev–Trinajstić information content (AvgIpc) is 2.16. The van der Waals surface area contributed by atoms with Crippen LogP contribution in [0, 0.1) is 11.3 Å². The molecule has 0 atom stereocenters. The zero-order valence-electron chi connectivity index (χ0n) is 6.81. The molecule has 0 aliphatic heterocycles. The molecule has 5 heteroatoms.